The van der Waals surface area contributed by atoms with Crippen molar-refractivity contribution in [1.82, 2.24) is 0 Å². The summed E-state index contributed by atoms with van der Waals surface area (Å²) < 4.78 is 0. The van der Waals surface area contributed by atoms with E-state index in [1.165, 1.54) is 0 Å². The Morgan fingerprint density at radius 2 is 1.71 bits per heavy atom. The molecule has 14 heavy (non-hydrogen) atoms. The third kappa shape index (κ3) is 2.77. The number of hydrogen-bond acceptors (Lipinski definition) is 2. The lowest BCUT2D eigenvalue weighted by atomic mass is 10.1. The number of anilines is 1. The molecule has 1 aromatic rings. The van der Waals surface area contributed by atoms with Gasteiger partial charge in [0.2, 0.25) is 0 Å². The van der Waals surface area contributed by atoms with Crippen LogP contribution in [0.4, 0.5) is 5.69 Å². The highest BCUT2D eigenvalue weighted by atomic mass is 14.9. The fourth-order valence-corrected chi connectivity index (χ4v) is 1.07. The molecule has 0 aliphatic heterocycles. The van der Waals surface area contributed by atoms with Crippen molar-refractivity contribution in [3.8, 4) is 6.07 Å². The van der Waals surface area contributed by atoms with Crippen molar-refractivity contribution in [1.29, 1.82) is 5.26 Å². The lowest BCUT2D eigenvalue weighted by Crippen LogP contribution is -2.21. The number of hydrogen-bond donors (Lipinski definition) is 1. The summed E-state index contributed by atoms with van der Waals surface area (Å²) in [7, 11) is 0. The highest BCUT2D eigenvalue weighted by Gasteiger charge is 2.05. The van der Waals surface area contributed by atoms with Crippen molar-refractivity contribution in [2.75, 3.05) is 5.32 Å². The van der Waals surface area contributed by atoms with Crippen LogP contribution in [0.1, 0.15) is 26.3 Å². The van der Waals surface area contributed by atoms with Gasteiger partial charge in [-0.25, -0.2) is 0 Å². The van der Waals surface area contributed by atoms with E-state index in [0.29, 0.717) is 17.5 Å². The largest absolute Gasteiger partial charge is 0.382 e. The predicted octanol–water partition coefficient (Wildman–Crippen LogP) is 3.01. The van der Waals surface area contributed by atoms with Crippen LogP contribution in [0, 0.1) is 17.2 Å². The zero-order valence-corrected chi connectivity index (χ0v) is 8.91. The predicted molar refractivity (Wildman–Crippen MR) is 59.1 cm³/mol. The Balaban J connectivity index is 2.65. The average molecular weight is 188 g/mol. The summed E-state index contributed by atoms with van der Waals surface area (Å²) in [6.45, 7) is 6.52. The smallest absolute Gasteiger partial charge is 0.0991 e. The summed E-state index contributed by atoms with van der Waals surface area (Å²) in [6.07, 6.45) is 0. The van der Waals surface area contributed by atoms with Gasteiger partial charge < -0.3 is 5.32 Å². The molecule has 0 saturated heterocycles. The third-order valence-electron chi connectivity index (χ3n) is 2.41. The molecule has 0 radical (unpaired) electrons. The lowest BCUT2D eigenvalue weighted by molar-refractivity contribution is 0.560. The zero-order chi connectivity index (χ0) is 10.6. The molecule has 0 spiro atoms. The summed E-state index contributed by atoms with van der Waals surface area (Å²) in [5.41, 5.74) is 1.78. The molecule has 0 heterocycles. The van der Waals surface area contributed by atoms with Crippen LogP contribution in [0.5, 0.6) is 0 Å². The zero-order valence-electron chi connectivity index (χ0n) is 8.91. The van der Waals surface area contributed by atoms with E-state index in [2.05, 4.69) is 32.2 Å². The van der Waals surface area contributed by atoms with E-state index in [-0.39, 0.29) is 0 Å². The van der Waals surface area contributed by atoms with Gasteiger partial charge in [-0.05, 0) is 37.1 Å². The van der Waals surface area contributed by atoms with Crippen LogP contribution in [0.15, 0.2) is 24.3 Å². The maximum Gasteiger partial charge on any atom is 0.0991 e. The monoisotopic (exact) mass is 188 g/mol. The maximum atomic E-state index is 8.63. The fraction of sp³-hybridized carbons (Fsp3) is 0.417. The van der Waals surface area contributed by atoms with E-state index in [9.17, 15) is 0 Å². The minimum absolute atomic E-state index is 0.447. The second kappa shape index (κ2) is 4.66. The Labute approximate surface area is 85.6 Å². The van der Waals surface area contributed by atoms with Gasteiger partial charge in [-0.3, -0.25) is 0 Å². The van der Waals surface area contributed by atoms with Gasteiger partial charge in [0.25, 0.3) is 0 Å². The molecule has 0 aliphatic carbocycles. The Kier molecular flexibility index (Phi) is 3.53. The van der Waals surface area contributed by atoms with E-state index >= 15 is 0 Å². The van der Waals surface area contributed by atoms with Crippen molar-refractivity contribution >= 4 is 5.69 Å². The number of benzene rings is 1. The topological polar surface area (TPSA) is 35.8 Å². The third-order valence-corrected chi connectivity index (χ3v) is 2.41. The van der Waals surface area contributed by atoms with Crippen LogP contribution in [0.3, 0.4) is 0 Å². The van der Waals surface area contributed by atoms with Crippen LogP contribution < -0.4 is 5.32 Å². The maximum absolute atomic E-state index is 8.63. The quantitative estimate of drug-likeness (QED) is 0.791. The second-order valence-electron chi connectivity index (χ2n) is 3.87. The van der Waals surface area contributed by atoms with Gasteiger partial charge in [0, 0.05) is 11.7 Å². The summed E-state index contributed by atoms with van der Waals surface area (Å²) in [6, 6.07) is 10.1. The van der Waals surface area contributed by atoms with Crippen molar-refractivity contribution in [3.63, 3.8) is 0 Å². The highest BCUT2D eigenvalue weighted by Crippen LogP contribution is 2.13. The van der Waals surface area contributed by atoms with E-state index < -0.39 is 0 Å². The summed E-state index contributed by atoms with van der Waals surface area (Å²) in [5.74, 6) is 0.602. The fourth-order valence-electron chi connectivity index (χ4n) is 1.07. The SMILES string of the molecule is CC(C)C(C)Nc1ccc(C#N)cc1. The summed E-state index contributed by atoms with van der Waals surface area (Å²) >= 11 is 0. The van der Waals surface area contributed by atoms with Gasteiger partial charge in [-0.15, -0.1) is 0 Å². The molecule has 0 bridgehead atoms. The number of nitrogens with zero attached hydrogens (tertiary/aromatic N) is 1. The molecule has 0 aromatic heterocycles. The van der Waals surface area contributed by atoms with E-state index in [1.54, 1.807) is 0 Å². The van der Waals surface area contributed by atoms with E-state index in [0.717, 1.165) is 5.69 Å². The van der Waals surface area contributed by atoms with Crippen molar-refractivity contribution < 1.29 is 0 Å². The Morgan fingerprint density at radius 1 is 1.14 bits per heavy atom. The van der Waals surface area contributed by atoms with Gasteiger partial charge in [0.05, 0.1) is 11.6 Å². The van der Waals surface area contributed by atoms with Gasteiger partial charge in [0.1, 0.15) is 0 Å². The van der Waals surface area contributed by atoms with Crippen LogP contribution in [0.25, 0.3) is 0 Å². The van der Waals surface area contributed by atoms with Crippen LogP contribution in [-0.4, -0.2) is 6.04 Å². The van der Waals surface area contributed by atoms with Gasteiger partial charge >= 0.3 is 0 Å². The van der Waals surface area contributed by atoms with Gasteiger partial charge in [0.15, 0.2) is 0 Å². The normalized spacial score (nSPS) is 12.2. The minimum atomic E-state index is 0.447. The lowest BCUT2D eigenvalue weighted by Gasteiger charge is -2.18. The molecule has 1 aromatic carbocycles. The Bertz CT molecular complexity index is 319. The Hall–Kier alpha value is -1.49. The summed E-state index contributed by atoms with van der Waals surface area (Å²) in [5, 5.41) is 12.0. The molecule has 74 valence electrons. The standard InChI is InChI=1S/C12H16N2/c1-9(2)10(3)14-12-6-4-11(8-13)5-7-12/h4-7,9-10,14H,1-3H3. The number of nitrogens with one attached hydrogen (secondary N) is 1. The molecular formula is C12H16N2. The average Bonchev–Trinajstić information content (AvgIpc) is 2.19. The van der Waals surface area contributed by atoms with Gasteiger partial charge in [-0.1, -0.05) is 13.8 Å². The molecule has 0 amide bonds. The molecule has 1 unspecified atom stereocenters. The van der Waals surface area contributed by atoms with Gasteiger partial charge in [-0.2, -0.15) is 5.26 Å². The minimum Gasteiger partial charge on any atom is -0.382 e. The van der Waals surface area contributed by atoms with Crippen LogP contribution in [-0.2, 0) is 0 Å². The first-order chi connectivity index (χ1) is 6.63. The second-order valence-corrected chi connectivity index (χ2v) is 3.87. The number of rotatable bonds is 3. The number of nitriles is 1. The summed E-state index contributed by atoms with van der Waals surface area (Å²) in [4.78, 5) is 0. The first-order valence-corrected chi connectivity index (χ1v) is 4.90. The molecule has 1 N–H and O–H groups in total. The molecule has 1 rings (SSSR count). The molecule has 1 atom stereocenters. The van der Waals surface area contributed by atoms with E-state index in [1.807, 2.05) is 24.3 Å². The van der Waals surface area contributed by atoms with Crippen LogP contribution >= 0.6 is 0 Å². The first kappa shape index (κ1) is 10.6. The molecular weight excluding hydrogens is 172 g/mol. The molecule has 0 aliphatic rings. The highest BCUT2D eigenvalue weighted by molar-refractivity contribution is 5.47. The van der Waals surface area contributed by atoms with E-state index in [4.69, 9.17) is 5.26 Å². The molecule has 0 saturated carbocycles. The molecule has 2 heteroatoms. The van der Waals surface area contributed by atoms with Crippen molar-refractivity contribution in [2.24, 2.45) is 5.92 Å². The van der Waals surface area contributed by atoms with Crippen molar-refractivity contribution in [2.45, 2.75) is 26.8 Å². The van der Waals surface area contributed by atoms with Crippen LogP contribution in [0.2, 0.25) is 0 Å². The Morgan fingerprint density at radius 3 is 2.14 bits per heavy atom. The molecule has 2 nitrogen and oxygen atoms in total. The first-order valence-electron chi connectivity index (χ1n) is 4.90. The molecule has 0 fully saturated rings. The van der Waals surface area contributed by atoms with Crippen molar-refractivity contribution in [3.05, 3.63) is 29.8 Å².